The van der Waals surface area contributed by atoms with Gasteiger partial charge in [-0.05, 0) is 73.7 Å². The summed E-state index contributed by atoms with van der Waals surface area (Å²) >= 11 is 7.68. The molecular weight excluding hydrogens is 585 g/mol. The van der Waals surface area contributed by atoms with E-state index in [0.717, 1.165) is 37.7 Å². The number of likely N-dealkylation sites (tertiary alicyclic amines) is 1. The van der Waals surface area contributed by atoms with Crippen molar-refractivity contribution in [2.75, 3.05) is 19.7 Å². The van der Waals surface area contributed by atoms with Crippen molar-refractivity contribution >= 4 is 40.2 Å². The van der Waals surface area contributed by atoms with Crippen LogP contribution in [0.5, 0.6) is 0 Å². The topological polar surface area (TPSA) is 64.4 Å². The Morgan fingerprint density at radius 3 is 2.63 bits per heavy atom. The number of carbonyl (C=O) groups excluding carboxylic acids is 1. The van der Waals surface area contributed by atoms with Crippen molar-refractivity contribution in [2.45, 2.75) is 67.4 Å². The molecule has 6 rings (SSSR count). The van der Waals surface area contributed by atoms with Crippen LogP contribution in [0.25, 0.3) is 16.6 Å². The third-order valence-electron chi connectivity index (χ3n) is 8.69. The Labute approximate surface area is 260 Å². The van der Waals surface area contributed by atoms with Crippen molar-refractivity contribution in [3.63, 3.8) is 0 Å². The van der Waals surface area contributed by atoms with Crippen LogP contribution < -0.4 is 5.56 Å². The van der Waals surface area contributed by atoms with E-state index in [1.54, 1.807) is 22.8 Å². The van der Waals surface area contributed by atoms with E-state index in [1.165, 1.54) is 23.9 Å². The Balaban J connectivity index is 1.23. The molecule has 2 fully saturated rings. The van der Waals surface area contributed by atoms with Gasteiger partial charge in [-0.2, -0.15) is 0 Å². The molecule has 1 amide bonds. The van der Waals surface area contributed by atoms with Gasteiger partial charge in [-0.3, -0.25) is 14.2 Å². The van der Waals surface area contributed by atoms with Gasteiger partial charge in [0, 0.05) is 24.0 Å². The summed E-state index contributed by atoms with van der Waals surface area (Å²) in [6.45, 7) is 3.96. The van der Waals surface area contributed by atoms with Gasteiger partial charge in [0.15, 0.2) is 5.16 Å². The van der Waals surface area contributed by atoms with Crippen molar-refractivity contribution < 1.29 is 13.9 Å². The Morgan fingerprint density at radius 2 is 1.88 bits per heavy atom. The quantitative estimate of drug-likeness (QED) is 0.152. The number of hydrogen-bond acceptors (Lipinski definition) is 5. The monoisotopic (exact) mass is 619 g/mol. The number of halogens is 2. The summed E-state index contributed by atoms with van der Waals surface area (Å²) in [6, 6.07) is 21.2. The summed E-state index contributed by atoms with van der Waals surface area (Å²) in [7, 11) is 0. The standard InChI is InChI=1S/C34H35ClFN3O3S/c1-2-3-11-30(32(41)38-18-16-34(17-19-38)21-24(22-42-34)23-12-14-26(36)15-13-23)43-33-37-29-10-5-4-9-28(29)31(40)39(33)27-8-6-7-25(35)20-27/h4-10,12-15,20,24,30H,2-3,11,16-19,21-22H2,1H3. The summed E-state index contributed by atoms with van der Waals surface area (Å²) < 4.78 is 21.4. The largest absolute Gasteiger partial charge is 0.374 e. The molecule has 2 unspecified atom stereocenters. The van der Waals surface area contributed by atoms with Crippen LogP contribution in [-0.4, -0.2) is 50.9 Å². The third-order valence-corrected chi connectivity index (χ3v) is 10.1. The highest BCUT2D eigenvalue weighted by molar-refractivity contribution is 8.00. The van der Waals surface area contributed by atoms with Gasteiger partial charge in [-0.25, -0.2) is 9.37 Å². The molecule has 224 valence electrons. The number of ether oxygens (including phenoxy) is 1. The smallest absolute Gasteiger partial charge is 0.266 e. The molecule has 1 aromatic heterocycles. The second kappa shape index (κ2) is 12.8. The number of piperidine rings is 1. The molecule has 2 atom stereocenters. The zero-order chi connectivity index (χ0) is 30.0. The molecule has 6 nitrogen and oxygen atoms in total. The summed E-state index contributed by atoms with van der Waals surface area (Å²) in [5.74, 6) is 0.0718. The highest BCUT2D eigenvalue weighted by atomic mass is 35.5. The fourth-order valence-electron chi connectivity index (χ4n) is 6.26. The lowest BCUT2D eigenvalue weighted by Crippen LogP contribution is -2.49. The van der Waals surface area contributed by atoms with Gasteiger partial charge >= 0.3 is 0 Å². The minimum atomic E-state index is -0.385. The minimum absolute atomic E-state index is 0.0708. The lowest BCUT2D eigenvalue weighted by Gasteiger charge is -2.40. The van der Waals surface area contributed by atoms with E-state index < -0.39 is 0 Å². The maximum Gasteiger partial charge on any atom is 0.266 e. The first-order valence-electron chi connectivity index (χ1n) is 15.0. The molecule has 4 aromatic rings. The van der Waals surface area contributed by atoms with Crippen molar-refractivity contribution in [3.05, 3.63) is 99.6 Å². The second-order valence-electron chi connectivity index (χ2n) is 11.6. The maximum atomic E-state index is 14.1. The number of benzene rings is 3. The molecule has 0 radical (unpaired) electrons. The molecule has 2 aliphatic rings. The number of thioether (sulfide) groups is 1. The van der Waals surface area contributed by atoms with Gasteiger partial charge in [0.25, 0.3) is 5.56 Å². The number of unbranched alkanes of at least 4 members (excludes halogenated alkanes) is 1. The molecule has 2 saturated heterocycles. The number of amides is 1. The molecule has 0 bridgehead atoms. The molecular formula is C34H35ClFN3O3S. The predicted octanol–water partition coefficient (Wildman–Crippen LogP) is 7.39. The van der Waals surface area contributed by atoms with Crippen molar-refractivity contribution in [1.29, 1.82) is 0 Å². The van der Waals surface area contributed by atoms with Crippen molar-refractivity contribution in [2.24, 2.45) is 0 Å². The fourth-order valence-corrected chi connectivity index (χ4v) is 7.68. The van der Waals surface area contributed by atoms with Crippen LogP contribution in [-0.2, 0) is 9.53 Å². The lowest BCUT2D eigenvalue weighted by atomic mass is 9.83. The van der Waals surface area contributed by atoms with E-state index in [4.69, 9.17) is 21.3 Å². The Hall–Kier alpha value is -3.20. The third kappa shape index (κ3) is 6.37. The summed E-state index contributed by atoms with van der Waals surface area (Å²) in [5, 5.41) is 1.13. The van der Waals surface area contributed by atoms with Crippen molar-refractivity contribution in [3.8, 4) is 5.69 Å². The SMILES string of the molecule is CCCCC(Sc1nc2ccccc2c(=O)n1-c1cccc(Cl)c1)C(=O)N1CCC2(CC1)CC(c1ccc(F)cc1)CO2. The Morgan fingerprint density at radius 1 is 1.12 bits per heavy atom. The normalized spacial score (nSPS) is 18.8. The highest BCUT2D eigenvalue weighted by Crippen LogP contribution is 2.43. The summed E-state index contributed by atoms with van der Waals surface area (Å²) in [6.07, 6.45) is 4.94. The zero-order valence-electron chi connectivity index (χ0n) is 24.2. The zero-order valence-corrected chi connectivity index (χ0v) is 25.7. The van der Waals surface area contributed by atoms with E-state index in [1.807, 2.05) is 47.4 Å². The average molecular weight is 620 g/mol. The van der Waals surface area contributed by atoms with Crippen LogP contribution in [0.1, 0.15) is 56.9 Å². The second-order valence-corrected chi connectivity index (χ2v) is 13.2. The predicted molar refractivity (Wildman–Crippen MR) is 170 cm³/mol. The van der Waals surface area contributed by atoms with Gasteiger partial charge in [0.1, 0.15) is 5.82 Å². The first-order chi connectivity index (χ1) is 20.9. The number of para-hydroxylation sites is 1. The average Bonchev–Trinajstić information content (AvgIpc) is 3.43. The molecule has 3 heterocycles. The van der Waals surface area contributed by atoms with Crippen LogP contribution in [0.4, 0.5) is 4.39 Å². The molecule has 2 aliphatic heterocycles. The summed E-state index contributed by atoms with van der Waals surface area (Å²) in [5.41, 5.74) is 1.87. The molecule has 0 N–H and O–H groups in total. The van der Waals surface area contributed by atoms with E-state index >= 15 is 0 Å². The van der Waals surface area contributed by atoms with Gasteiger partial charge < -0.3 is 9.64 Å². The van der Waals surface area contributed by atoms with Crippen LogP contribution in [0.15, 0.2) is 82.7 Å². The van der Waals surface area contributed by atoms with E-state index in [9.17, 15) is 14.0 Å². The molecule has 0 saturated carbocycles. The summed E-state index contributed by atoms with van der Waals surface area (Å²) in [4.78, 5) is 34.7. The highest BCUT2D eigenvalue weighted by Gasteiger charge is 2.44. The van der Waals surface area contributed by atoms with Crippen LogP contribution in [0.3, 0.4) is 0 Å². The van der Waals surface area contributed by atoms with E-state index in [-0.39, 0.29) is 34.1 Å². The van der Waals surface area contributed by atoms with E-state index in [0.29, 0.717) is 52.9 Å². The fraction of sp³-hybridized carbons (Fsp3) is 0.382. The number of fused-ring (bicyclic) bond motifs is 1. The Kier molecular flexibility index (Phi) is 8.89. The Bertz CT molecular complexity index is 1670. The van der Waals surface area contributed by atoms with Gasteiger partial charge in [-0.1, -0.05) is 73.5 Å². The molecule has 43 heavy (non-hydrogen) atoms. The maximum absolute atomic E-state index is 14.1. The molecule has 1 spiro atoms. The lowest BCUT2D eigenvalue weighted by molar-refractivity contribution is -0.135. The van der Waals surface area contributed by atoms with Crippen molar-refractivity contribution in [1.82, 2.24) is 14.5 Å². The minimum Gasteiger partial charge on any atom is -0.374 e. The van der Waals surface area contributed by atoms with Crippen LogP contribution in [0, 0.1) is 5.82 Å². The van der Waals surface area contributed by atoms with Crippen LogP contribution >= 0.6 is 23.4 Å². The first-order valence-corrected chi connectivity index (χ1v) is 16.2. The van der Waals surface area contributed by atoms with E-state index in [2.05, 4.69) is 6.92 Å². The first kappa shape index (κ1) is 29.9. The number of rotatable bonds is 8. The molecule has 3 aromatic carbocycles. The van der Waals surface area contributed by atoms with Gasteiger partial charge in [0.2, 0.25) is 5.91 Å². The number of hydrogen-bond donors (Lipinski definition) is 0. The van der Waals surface area contributed by atoms with Gasteiger partial charge in [-0.15, -0.1) is 0 Å². The number of aromatic nitrogens is 2. The number of carbonyl (C=O) groups is 1. The molecule has 0 aliphatic carbocycles. The number of nitrogens with zero attached hydrogens (tertiary/aromatic N) is 3. The molecule has 9 heteroatoms. The van der Waals surface area contributed by atoms with Crippen LogP contribution in [0.2, 0.25) is 5.02 Å². The van der Waals surface area contributed by atoms with Gasteiger partial charge in [0.05, 0.1) is 34.0 Å².